The smallest absolute Gasteiger partial charge is 0.381 e. The molecule has 4 aromatic carbocycles. The lowest BCUT2D eigenvalue weighted by Crippen LogP contribution is -2.07. The highest BCUT2D eigenvalue weighted by atomic mass is 35.5. The fourth-order valence-electron chi connectivity index (χ4n) is 3.48. The predicted molar refractivity (Wildman–Crippen MR) is 126 cm³/mol. The Bertz CT molecular complexity index is 1220. The molecule has 4 aromatic rings. The summed E-state index contributed by atoms with van der Waals surface area (Å²) in [7, 11) is 0. The average Bonchev–Trinajstić information content (AvgIpc) is 2.78. The third-order valence-corrected chi connectivity index (χ3v) is 5.68. The molecule has 0 bridgehead atoms. The van der Waals surface area contributed by atoms with Crippen LogP contribution in [0.1, 0.15) is 11.1 Å². The number of benzene rings is 4. The molecule has 32 heavy (non-hydrogen) atoms. The lowest BCUT2D eigenvalue weighted by molar-refractivity contribution is -0.137. The second-order valence-corrected chi connectivity index (χ2v) is 8.13. The van der Waals surface area contributed by atoms with Crippen LogP contribution in [0.4, 0.5) is 18.9 Å². The molecule has 162 valence electrons. The minimum Gasteiger partial charge on any atom is -0.381 e. The lowest BCUT2D eigenvalue weighted by atomic mass is 9.97. The standard InChI is InChI=1S/C26H18Cl2F3N/c27-21-10-13-23(25(28)15-21)18-7-11-22(12-8-18)32-16-19-6-9-20(26(29,30)31)14-24(19)17-4-2-1-3-5-17/h1-15,32H,16H2. The van der Waals surface area contributed by atoms with Crippen LogP contribution in [0, 0.1) is 0 Å². The summed E-state index contributed by atoms with van der Waals surface area (Å²) < 4.78 is 39.8. The van der Waals surface area contributed by atoms with Crippen LogP contribution in [-0.2, 0) is 12.7 Å². The molecule has 0 fully saturated rings. The number of hydrogen-bond acceptors (Lipinski definition) is 1. The van der Waals surface area contributed by atoms with E-state index in [9.17, 15) is 13.2 Å². The normalized spacial score (nSPS) is 11.4. The van der Waals surface area contributed by atoms with Crippen molar-refractivity contribution in [2.24, 2.45) is 0 Å². The molecule has 0 saturated carbocycles. The Morgan fingerprint density at radius 2 is 1.38 bits per heavy atom. The van der Waals surface area contributed by atoms with Gasteiger partial charge in [-0.2, -0.15) is 13.2 Å². The molecule has 0 unspecified atom stereocenters. The molecule has 0 aromatic heterocycles. The van der Waals surface area contributed by atoms with Crippen molar-refractivity contribution in [1.82, 2.24) is 0 Å². The van der Waals surface area contributed by atoms with E-state index >= 15 is 0 Å². The topological polar surface area (TPSA) is 12.0 Å². The molecule has 0 aliphatic carbocycles. The second-order valence-electron chi connectivity index (χ2n) is 7.29. The Morgan fingerprint density at radius 3 is 2.03 bits per heavy atom. The third-order valence-electron chi connectivity index (χ3n) is 5.13. The first-order chi connectivity index (χ1) is 15.3. The average molecular weight is 472 g/mol. The van der Waals surface area contributed by atoms with Crippen molar-refractivity contribution < 1.29 is 13.2 Å². The Kier molecular flexibility index (Phi) is 6.45. The molecule has 0 aliphatic rings. The summed E-state index contributed by atoms with van der Waals surface area (Å²) in [5.41, 5.74) is 4.06. The molecule has 0 heterocycles. The van der Waals surface area contributed by atoms with Crippen LogP contribution in [-0.4, -0.2) is 0 Å². The quantitative estimate of drug-likeness (QED) is 0.306. The molecule has 0 saturated heterocycles. The minimum absolute atomic E-state index is 0.378. The molecular formula is C26H18Cl2F3N. The Labute approximate surface area is 194 Å². The Hall–Kier alpha value is -2.95. The maximum Gasteiger partial charge on any atom is 0.416 e. The Balaban J connectivity index is 1.57. The molecule has 0 aliphatic heterocycles. The van der Waals surface area contributed by atoms with E-state index in [2.05, 4.69) is 5.32 Å². The van der Waals surface area contributed by atoms with Crippen molar-refractivity contribution in [2.45, 2.75) is 12.7 Å². The van der Waals surface area contributed by atoms with Gasteiger partial charge in [0.15, 0.2) is 0 Å². The summed E-state index contributed by atoms with van der Waals surface area (Å²) in [6.07, 6.45) is -4.39. The largest absolute Gasteiger partial charge is 0.416 e. The highest BCUT2D eigenvalue weighted by molar-refractivity contribution is 6.36. The van der Waals surface area contributed by atoms with Gasteiger partial charge in [0.05, 0.1) is 5.56 Å². The number of nitrogens with one attached hydrogen (secondary N) is 1. The summed E-state index contributed by atoms with van der Waals surface area (Å²) in [6.45, 7) is 0.378. The van der Waals surface area contributed by atoms with Crippen LogP contribution in [0.25, 0.3) is 22.3 Å². The highest BCUT2D eigenvalue weighted by Gasteiger charge is 2.31. The third kappa shape index (κ3) is 5.09. The molecule has 1 nitrogen and oxygen atoms in total. The number of rotatable bonds is 5. The fraction of sp³-hybridized carbons (Fsp3) is 0.0769. The van der Waals surface area contributed by atoms with Crippen LogP contribution in [0.2, 0.25) is 10.0 Å². The highest BCUT2D eigenvalue weighted by Crippen LogP contribution is 2.35. The van der Waals surface area contributed by atoms with Gasteiger partial charge >= 0.3 is 6.18 Å². The van der Waals surface area contributed by atoms with E-state index in [0.717, 1.165) is 34.0 Å². The van der Waals surface area contributed by atoms with Gasteiger partial charge in [-0.3, -0.25) is 0 Å². The molecular weight excluding hydrogens is 454 g/mol. The van der Waals surface area contributed by atoms with Crippen LogP contribution in [0.5, 0.6) is 0 Å². The van der Waals surface area contributed by atoms with E-state index in [1.165, 1.54) is 12.1 Å². The monoisotopic (exact) mass is 471 g/mol. The lowest BCUT2D eigenvalue weighted by Gasteiger charge is -2.15. The van der Waals surface area contributed by atoms with Gasteiger partial charge in [-0.15, -0.1) is 0 Å². The van der Waals surface area contributed by atoms with Crippen molar-refractivity contribution in [3.05, 3.63) is 112 Å². The first-order valence-electron chi connectivity index (χ1n) is 9.86. The van der Waals surface area contributed by atoms with Crippen molar-refractivity contribution in [3.63, 3.8) is 0 Å². The van der Waals surface area contributed by atoms with E-state index < -0.39 is 11.7 Å². The molecule has 1 N–H and O–H groups in total. The molecule has 0 spiro atoms. The molecule has 4 rings (SSSR count). The fourth-order valence-corrected chi connectivity index (χ4v) is 4.00. The van der Waals surface area contributed by atoms with Crippen LogP contribution in [0.3, 0.4) is 0 Å². The zero-order valence-electron chi connectivity index (χ0n) is 16.8. The summed E-state index contributed by atoms with van der Waals surface area (Å²) in [4.78, 5) is 0. The molecule has 0 atom stereocenters. The van der Waals surface area contributed by atoms with Gasteiger partial charge in [0.2, 0.25) is 0 Å². The van der Waals surface area contributed by atoms with Gasteiger partial charge in [0, 0.05) is 27.8 Å². The Morgan fingerprint density at radius 1 is 0.688 bits per heavy atom. The maximum atomic E-state index is 13.3. The van der Waals surface area contributed by atoms with Crippen LogP contribution < -0.4 is 5.32 Å². The van der Waals surface area contributed by atoms with E-state index in [0.29, 0.717) is 22.2 Å². The SMILES string of the molecule is FC(F)(F)c1ccc(CNc2ccc(-c3ccc(Cl)cc3Cl)cc2)c(-c2ccccc2)c1. The number of anilines is 1. The van der Waals surface area contributed by atoms with Crippen molar-refractivity contribution in [1.29, 1.82) is 0 Å². The first kappa shape index (κ1) is 22.3. The molecule has 0 radical (unpaired) electrons. The maximum absolute atomic E-state index is 13.3. The van der Waals surface area contributed by atoms with Crippen LogP contribution in [0.15, 0.2) is 91.0 Å². The van der Waals surface area contributed by atoms with Gasteiger partial charge in [-0.05, 0) is 58.7 Å². The van der Waals surface area contributed by atoms with Crippen molar-refractivity contribution >= 4 is 28.9 Å². The zero-order valence-corrected chi connectivity index (χ0v) is 18.3. The van der Waals surface area contributed by atoms with E-state index in [1.807, 2.05) is 60.7 Å². The van der Waals surface area contributed by atoms with Gasteiger partial charge in [-0.1, -0.05) is 77.8 Å². The van der Waals surface area contributed by atoms with E-state index in [1.54, 1.807) is 12.1 Å². The number of alkyl halides is 3. The number of hydrogen-bond donors (Lipinski definition) is 1. The van der Waals surface area contributed by atoms with Gasteiger partial charge in [0.25, 0.3) is 0 Å². The summed E-state index contributed by atoms with van der Waals surface area (Å²) in [5.74, 6) is 0. The number of halogens is 5. The van der Waals surface area contributed by atoms with Crippen molar-refractivity contribution in [3.8, 4) is 22.3 Å². The summed E-state index contributed by atoms with van der Waals surface area (Å²) >= 11 is 12.2. The molecule has 6 heteroatoms. The minimum atomic E-state index is -4.39. The van der Waals surface area contributed by atoms with E-state index in [-0.39, 0.29) is 0 Å². The zero-order chi connectivity index (χ0) is 22.7. The second kappa shape index (κ2) is 9.27. The first-order valence-corrected chi connectivity index (χ1v) is 10.6. The van der Waals surface area contributed by atoms with Gasteiger partial charge in [-0.25, -0.2) is 0 Å². The van der Waals surface area contributed by atoms with Crippen molar-refractivity contribution in [2.75, 3.05) is 5.32 Å². The van der Waals surface area contributed by atoms with Gasteiger partial charge in [0.1, 0.15) is 0 Å². The summed E-state index contributed by atoms with van der Waals surface area (Å²) in [6, 6.07) is 26.0. The predicted octanol–water partition coefficient (Wildman–Crippen LogP) is 8.96. The van der Waals surface area contributed by atoms with Crippen LogP contribution >= 0.6 is 23.2 Å². The molecule has 0 amide bonds. The summed E-state index contributed by atoms with van der Waals surface area (Å²) in [5, 5.41) is 4.43. The van der Waals surface area contributed by atoms with E-state index in [4.69, 9.17) is 23.2 Å². The van der Waals surface area contributed by atoms with Gasteiger partial charge < -0.3 is 5.32 Å².